The molecule has 10 nitrogen and oxygen atoms in total. The molecule has 6 heterocycles. The van der Waals surface area contributed by atoms with Crippen LogP contribution in [-0.4, -0.2) is 101 Å². The number of carbonyl (C=O) groups excluding carboxylic acids is 2. The van der Waals surface area contributed by atoms with Gasteiger partial charge in [-0.2, -0.15) is 13.2 Å². The topological polar surface area (TPSA) is 118 Å². The van der Waals surface area contributed by atoms with Gasteiger partial charge in [0.15, 0.2) is 0 Å². The van der Waals surface area contributed by atoms with Crippen molar-refractivity contribution in [3.63, 3.8) is 0 Å². The van der Waals surface area contributed by atoms with Crippen molar-refractivity contribution < 1.29 is 32.7 Å². The third-order valence-electron chi connectivity index (χ3n) is 8.59. The molecule has 6 rings (SSSR count). The van der Waals surface area contributed by atoms with Gasteiger partial charge in [-0.3, -0.25) is 10.1 Å². The van der Waals surface area contributed by atoms with Gasteiger partial charge in [-0.05, 0) is 66.9 Å². The van der Waals surface area contributed by atoms with Crippen molar-refractivity contribution in [3.05, 3.63) is 63.5 Å². The van der Waals surface area contributed by atoms with E-state index in [4.69, 9.17) is 9.90 Å². The van der Waals surface area contributed by atoms with Gasteiger partial charge < -0.3 is 25.1 Å². The number of nitrogens with zero attached hydrogens (tertiary/aromatic N) is 4. The Balaban J connectivity index is 0.000000515. The summed E-state index contributed by atoms with van der Waals surface area (Å²) in [4.78, 5) is 46.4. The van der Waals surface area contributed by atoms with Crippen LogP contribution in [0.2, 0.25) is 0 Å². The number of piperidine rings is 1. The Morgan fingerprint density at radius 2 is 1.93 bits per heavy atom. The lowest BCUT2D eigenvalue weighted by atomic mass is 9.72. The summed E-state index contributed by atoms with van der Waals surface area (Å²) in [6.45, 7) is 8.09. The summed E-state index contributed by atoms with van der Waals surface area (Å²) in [5, 5.41) is 15.6. The molecular weight excluding hydrogens is 609 g/mol. The van der Waals surface area contributed by atoms with Crippen LogP contribution in [-0.2, 0) is 22.6 Å². The highest BCUT2D eigenvalue weighted by atomic mass is 32.1. The zero-order valence-electron chi connectivity index (χ0n) is 24.8. The number of fused-ring (bicyclic) bond motifs is 1. The van der Waals surface area contributed by atoms with Crippen LogP contribution in [0.3, 0.4) is 0 Å². The van der Waals surface area contributed by atoms with Crippen LogP contribution in [0, 0.1) is 5.41 Å². The maximum atomic E-state index is 12.8. The number of hydrogen-bond donors (Lipinski definition) is 3. The van der Waals surface area contributed by atoms with Crippen LogP contribution in [0.15, 0.2) is 47.5 Å². The van der Waals surface area contributed by atoms with Gasteiger partial charge in [-0.15, -0.1) is 11.3 Å². The molecule has 0 aliphatic carbocycles. The summed E-state index contributed by atoms with van der Waals surface area (Å²) < 4.78 is 31.7. The number of amides is 3. The van der Waals surface area contributed by atoms with Crippen LogP contribution < -0.4 is 10.6 Å². The Kier molecular flexibility index (Phi) is 10.2. The normalized spacial score (nSPS) is 19.7. The molecular formula is C31H37F3N6O4S. The second kappa shape index (κ2) is 14.1. The van der Waals surface area contributed by atoms with Gasteiger partial charge in [0.25, 0.3) is 0 Å². The first-order valence-corrected chi connectivity index (χ1v) is 15.8. The highest BCUT2D eigenvalue weighted by molar-refractivity contribution is 7.09. The molecule has 4 aliphatic rings. The van der Waals surface area contributed by atoms with Crippen LogP contribution in [0.1, 0.15) is 35.3 Å². The van der Waals surface area contributed by atoms with Gasteiger partial charge in [0.2, 0.25) is 5.91 Å². The molecule has 45 heavy (non-hydrogen) atoms. The summed E-state index contributed by atoms with van der Waals surface area (Å²) in [6.07, 6.45) is 6.73. The number of nitrogens with one attached hydrogen (secondary N) is 2. The number of carboxylic acids is 1. The van der Waals surface area contributed by atoms with E-state index < -0.39 is 12.1 Å². The number of aliphatic carboxylic acids is 1. The van der Waals surface area contributed by atoms with E-state index in [1.807, 2.05) is 21.9 Å². The molecule has 0 saturated carbocycles. The number of halogens is 3. The van der Waals surface area contributed by atoms with Gasteiger partial charge in [0.05, 0.1) is 6.54 Å². The van der Waals surface area contributed by atoms with Crippen molar-refractivity contribution in [1.82, 2.24) is 25.0 Å². The van der Waals surface area contributed by atoms with Crippen LogP contribution in [0.5, 0.6) is 0 Å². The van der Waals surface area contributed by atoms with Gasteiger partial charge in [0, 0.05) is 68.4 Å². The molecule has 2 aromatic rings. The predicted octanol–water partition coefficient (Wildman–Crippen LogP) is 4.22. The fourth-order valence-corrected chi connectivity index (χ4v) is 6.83. The molecule has 0 radical (unpaired) electrons. The number of aromatic nitrogens is 1. The molecule has 0 unspecified atom stereocenters. The highest BCUT2D eigenvalue weighted by Gasteiger charge is 2.43. The standard InChI is InChI=1S/C29H36N6O2S.C2HF3O2/c36-26(34-11-5-22(6-12-34)17-25-2-1-15-38-25)4-3-23-16-24-19-35(28(37)32-27(24)31-18-23)14-13-33-20-29(21-33)7-9-30-10-8-29;3-2(4,5)1(6)7/h1-5,15-16,18,30H,6-14,17,19-21H2,(H,31,32,37);(H,6,7)/b4-3+;. The van der Waals surface area contributed by atoms with Crippen LogP contribution >= 0.6 is 11.3 Å². The summed E-state index contributed by atoms with van der Waals surface area (Å²) in [5.41, 5.74) is 3.76. The molecule has 3 amide bonds. The smallest absolute Gasteiger partial charge is 0.475 e. The van der Waals surface area contributed by atoms with E-state index in [0.29, 0.717) is 30.9 Å². The number of likely N-dealkylation sites (tertiary alicyclic amines) is 1. The average molecular weight is 647 g/mol. The highest BCUT2D eigenvalue weighted by Crippen LogP contribution is 2.38. The van der Waals surface area contributed by atoms with E-state index in [1.54, 1.807) is 23.6 Å². The van der Waals surface area contributed by atoms with E-state index in [0.717, 1.165) is 63.2 Å². The minimum Gasteiger partial charge on any atom is -0.475 e. The van der Waals surface area contributed by atoms with Gasteiger partial charge in [-0.1, -0.05) is 17.7 Å². The Bertz CT molecular complexity index is 1430. The molecule has 2 aromatic heterocycles. The van der Waals surface area contributed by atoms with Gasteiger partial charge >= 0.3 is 18.2 Å². The lowest BCUT2D eigenvalue weighted by Crippen LogP contribution is -2.61. The Morgan fingerprint density at radius 3 is 2.58 bits per heavy atom. The summed E-state index contributed by atoms with van der Waals surface area (Å²) in [6, 6.07) is 6.19. The SMILES string of the molecule is O=C(/C=C/c1cnc2c(c1)CN(CCN1CC3(CCNCC3)C1)C(=O)N2)N1CC=C(Cc2cccs2)CC1.O=C(O)C(F)(F)F. The molecule has 2 fully saturated rings. The number of carboxylic acid groups (broad SMARTS) is 1. The van der Waals surface area contributed by atoms with Crippen molar-refractivity contribution >= 4 is 41.1 Å². The molecule has 2 saturated heterocycles. The lowest BCUT2D eigenvalue weighted by Gasteiger charge is -2.53. The fourth-order valence-electron chi connectivity index (χ4n) is 6.07. The molecule has 1 spiro atoms. The zero-order valence-corrected chi connectivity index (χ0v) is 25.6. The van der Waals surface area contributed by atoms with E-state index in [-0.39, 0.29) is 11.9 Å². The quantitative estimate of drug-likeness (QED) is 0.305. The van der Waals surface area contributed by atoms with Crippen molar-refractivity contribution in [2.45, 2.75) is 38.4 Å². The van der Waals surface area contributed by atoms with Gasteiger partial charge in [0.1, 0.15) is 5.82 Å². The van der Waals surface area contributed by atoms with Crippen molar-refractivity contribution in [3.8, 4) is 0 Å². The Morgan fingerprint density at radius 1 is 1.18 bits per heavy atom. The second-order valence-corrected chi connectivity index (χ2v) is 12.9. The largest absolute Gasteiger partial charge is 0.490 e. The lowest BCUT2D eigenvalue weighted by molar-refractivity contribution is -0.192. The number of pyridine rings is 1. The molecule has 3 N–H and O–H groups in total. The maximum absolute atomic E-state index is 12.8. The van der Waals surface area contributed by atoms with Crippen LogP contribution in [0.25, 0.3) is 6.08 Å². The van der Waals surface area contributed by atoms with E-state index in [1.165, 1.54) is 23.3 Å². The molecule has 0 atom stereocenters. The first-order valence-electron chi connectivity index (χ1n) is 14.9. The first-order chi connectivity index (χ1) is 21.5. The molecule has 0 aromatic carbocycles. The van der Waals surface area contributed by atoms with Gasteiger partial charge in [-0.25, -0.2) is 14.6 Å². The van der Waals surface area contributed by atoms with Crippen molar-refractivity contribution in [1.29, 1.82) is 0 Å². The van der Waals surface area contributed by atoms with E-state index >= 15 is 0 Å². The first kappa shape index (κ1) is 32.6. The predicted molar refractivity (Wildman–Crippen MR) is 165 cm³/mol. The Hall–Kier alpha value is -3.75. The number of alkyl halides is 3. The minimum atomic E-state index is -5.08. The number of thiophene rings is 1. The van der Waals surface area contributed by atoms with E-state index in [9.17, 15) is 22.8 Å². The average Bonchev–Trinajstić information content (AvgIpc) is 3.51. The molecule has 0 bridgehead atoms. The molecule has 4 aliphatic heterocycles. The minimum absolute atomic E-state index is 0.0186. The van der Waals surface area contributed by atoms with Crippen molar-refractivity contribution in [2.24, 2.45) is 5.41 Å². The molecule has 14 heteroatoms. The second-order valence-electron chi connectivity index (χ2n) is 11.9. The number of anilines is 1. The number of urea groups is 1. The number of hydrogen-bond acceptors (Lipinski definition) is 7. The Labute approximate surface area is 263 Å². The number of carbonyl (C=O) groups is 3. The fraction of sp³-hybridized carbons (Fsp3) is 0.484. The molecule has 242 valence electrons. The third kappa shape index (κ3) is 8.70. The summed E-state index contributed by atoms with van der Waals surface area (Å²) in [5.74, 6) is -2.12. The summed E-state index contributed by atoms with van der Waals surface area (Å²) >= 11 is 1.78. The third-order valence-corrected chi connectivity index (χ3v) is 9.46. The summed E-state index contributed by atoms with van der Waals surface area (Å²) in [7, 11) is 0. The van der Waals surface area contributed by atoms with E-state index in [2.05, 4.69) is 44.1 Å². The van der Waals surface area contributed by atoms with Crippen LogP contribution in [0.4, 0.5) is 23.8 Å². The van der Waals surface area contributed by atoms with Crippen molar-refractivity contribution in [2.75, 3.05) is 57.7 Å². The zero-order chi connectivity index (χ0) is 32.0. The maximum Gasteiger partial charge on any atom is 0.490 e. The number of rotatable bonds is 7. The monoisotopic (exact) mass is 646 g/mol.